The third kappa shape index (κ3) is 5.18. The van der Waals surface area contributed by atoms with Crippen molar-refractivity contribution in [2.45, 2.75) is 27.2 Å². The van der Waals surface area contributed by atoms with Crippen LogP contribution in [0.4, 0.5) is 0 Å². The van der Waals surface area contributed by atoms with Gasteiger partial charge in [-0.25, -0.2) is 4.68 Å². The average molecular weight is 394 g/mol. The predicted molar refractivity (Wildman–Crippen MR) is 98.6 cm³/mol. The van der Waals surface area contributed by atoms with Gasteiger partial charge in [-0.05, 0) is 43.5 Å². The number of hydrogen-bond acceptors (Lipinski definition) is 3. The molecule has 0 bridgehead atoms. The molecule has 1 heterocycles. The lowest BCUT2D eigenvalue weighted by Gasteiger charge is -2.08. The Bertz CT molecular complexity index is 665. The van der Waals surface area contributed by atoms with Crippen LogP contribution in [-0.4, -0.2) is 35.4 Å². The Morgan fingerprint density at radius 1 is 1.33 bits per heavy atom. The Morgan fingerprint density at radius 3 is 2.71 bits per heavy atom. The van der Waals surface area contributed by atoms with Crippen LogP contribution < -0.4 is 5.32 Å². The van der Waals surface area contributed by atoms with Crippen LogP contribution in [0.5, 0.6) is 0 Å². The number of amides is 1. The number of halogens is 1. The van der Waals surface area contributed by atoms with Gasteiger partial charge >= 0.3 is 0 Å². The molecule has 2 rings (SSSR count). The molecule has 1 N–H and O–H groups in total. The largest absolute Gasteiger partial charge is 0.381 e. The van der Waals surface area contributed by atoms with E-state index in [0.29, 0.717) is 24.6 Å². The molecule has 0 saturated heterocycles. The van der Waals surface area contributed by atoms with Gasteiger partial charge in [0.25, 0.3) is 5.91 Å². The van der Waals surface area contributed by atoms with Crippen LogP contribution in [0.15, 0.2) is 34.9 Å². The first-order valence-electron chi connectivity index (χ1n) is 8.15. The highest BCUT2D eigenvalue weighted by molar-refractivity contribution is 9.10. The van der Waals surface area contributed by atoms with Crippen molar-refractivity contribution in [1.82, 2.24) is 15.1 Å². The molecule has 1 aromatic carbocycles. The number of rotatable bonds is 8. The molecular formula is C18H24BrN3O2. The molecule has 1 aromatic heterocycles. The van der Waals surface area contributed by atoms with Crippen molar-refractivity contribution in [3.63, 3.8) is 0 Å². The number of carbonyl (C=O) groups excluding carboxylic acids is 1. The molecule has 24 heavy (non-hydrogen) atoms. The summed E-state index contributed by atoms with van der Waals surface area (Å²) < 4.78 is 8.29. The maximum absolute atomic E-state index is 12.3. The first-order valence-corrected chi connectivity index (χ1v) is 8.95. The summed E-state index contributed by atoms with van der Waals surface area (Å²) in [6.07, 6.45) is 2.42. The van der Waals surface area contributed by atoms with Gasteiger partial charge in [0.15, 0.2) is 0 Å². The normalized spacial score (nSPS) is 11.0. The zero-order chi connectivity index (χ0) is 17.5. The molecule has 0 aliphatic rings. The van der Waals surface area contributed by atoms with Crippen LogP contribution in [0.2, 0.25) is 0 Å². The van der Waals surface area contributed by atoms with E-state index in [4.69, 9.17) is 4.74 Å². The van der Waals surface area contributed by atoms with E-state index in [1.807, 2.05) is 31.2 Å². The molecule has 2 aromatic rings. The standard InChI is InChI=1S/C18H24BrN3O2/c1-13(2)12-24-10-4-9-20-18(23)17-11-21-22(14(17)3)16-7-5-15(19)6-8-16/h5-8,11,13H,4,9-10,12H2,1-3H3,(H,20,23). The van der Waals surface area contributed by atoms with Crippen LogP contribution in [0, 0.1) is 12.8 Å². The summed E-state index contributed by atoms with van der Waals surface area (Å²) in [5.74, 6) is 0.436. The van der Waals surface area contributed by atoms with E-state index >= 15 is 0 Å². The van der Waals surface area contributed by atoms with Crippen LogP contribution in [0.25, 0.3) is 5.69 Å². The summed E-state index contributed by atoms with van der Waals surface area (Å²) >= 11 is 3.42. The van der Waals surface area contributed by atoms with E-state index in [1.165, 1.54) is 0 Å². The predicted octanol–water partition coefficient (Wildman–Crippen LogP) is 3.74. The molecule has 6 heteroatoms. The van der Waals surface area contributed by atoms with Crippen molar-refractivity contribution in [1.29, 1.82) is 0 Å². The van der Waals surface area contributed by atoms with Crippen molar-refractivity contribution >= 4 is 21.8 Å². The molecular weight excluding hydrogens is 370 g/mol. The van der Waals surface area contributed by atoms with Gasteiger partial charge in [0.05, 0.1) is 23.1 Å². The van der Waals surface area contributed by atoms with Gasteiger partial charge in [-0.15, -0.1) is 0 Å². The van der Waals surface area contributed by atoms with Crippen LogP contribution in [0.1, 0.15) is 36.3 Å². The number of aromatic nitrogens is 2. The molecule has 0 spiro atoms. The minimum atomic E-state index is -0.0975. The van der Waals surface area contributed by atoms with Crippen molar-refractivity contribution < 1.29 is 9.53 Å². The Balaban J connectivity index is 1.88. The monoisotopic (exact) mass is 393 g/mol. The number of carbonyl (C=O) groups is 1. The molecule has 1 amide bonds. The summed E-state index contributed by atoms with van der Waals surface area (Å²) in [5.41, 5.74) is 2.35. The molecule has 0 atom stereocenters. The van der Waals surface area contributed by atoms with E-state index in [0.717, 1.165) is 28.9 Å². The van der Waals surface area contributed by atoms with Gasteiger partial charge in [-0.3, -0.25) is 4.79 Å². The molecule has 0 aliphatic carbocycles. The van der Waals surface area contributed by atoms with Gasteiger partial charge in [0.2, 0.25) is 0 Å². The summed E-state index contributed by atoms with van der Waals surface area (Å²) in [4.78, 5) is 12.3. The summed E-state index contributed by atoms with van der Waals surface area (Å²) in [5, 5.41) is 7.25. The van der Waals surface area contributed by atoms with E-state index in [1.54, 1.807) is 10.9 Å². The maximum atomic E-state index is 12.3. The van der Waals surface area contributed by atoms with Crippen molar-refractivity contribution in [2.24, 2.45) is 5.92 Å². The van der Waals surface area contributed by atoms with Gasteiger partial charge in [0.1, 0.15) is 0 Å². The molecule has 0 saturated carbocycles. The molecule has 0 radical (unpaired) electrons. The third-order valence-corrected chi connectivity index (χ3v) is 4.06. The van der Waals surface area contributed by atoms with E-state index in [-0.39, 0.29) is 5.91 Å². The fourth-order valence-corrected chi connectivity index (χ4v) is 2.53. The van der Waals surface area contributed by atoms with Crippen LogP contribution in [0.3, 0.4) is 0 Å². The second-order valence-electron chi connectivity index (χ2n) is 6.11. The van der Waals surface area contributed by atoms with Gasteiger partial charge in [0, 0.05) is 24.2 Å². The first kappa shape index (κ1) is 18.7. The summed E-state index contributed by atoms with van der Waals surface area (Å²) in [6.45, 7) is 8.15. The van der Waals surface area contributed by atoms with Gasteiger partial charge in [-0.2, -0.15) is 5.10 Å². The molecule has 0 fully saturated rings. The highest BCUT2D eigenvalue weighted by Gasteiger charge is 2.14. The number of hydrogen-bond donors (Lipinski definition) is 1. The van der Waals surface area contributed by atoms with Crippen LogP contribution in [-0.2, 0) is 4.74 Å². The quantitative estimate of drug-likeness (QED) is 0.694. The van der Waals surface area contributed by atoms with Gasteiger partial charge < -0.3 is 10.1 Å². The fourth-order valence-electron chi connectivity index (χ4n) is 2.27. The lowest BCUT2D eigenvalue weighted by atomic mass is 10.2. The van der Waals surface area contributed by atoms with Crippen molar-refractivity contribution in [3.8, 4) is 5.69 Å². The zero-order valence-corrected chi connectivity index (χ0v) is 16.0. The number of nitrogens with zero attached hydrogens (tertiary/aromatic N) is 2. The summed E-state index contributed by atoms with van der Waals surface area (Å²) in [6, 6.07) is 7.82. The lowest BCUT2D eigenvalue weighted by molar-refractivity contribution is 0.0924. The van der Waals surface area contributed by atoms with E-state index in [9.17, 15) is 4.79 Å². The smallest absolute Gasteiger partial charge is 0.254 e. The summed E-state index contributed by atoms with van der Waals surface area (Å²) in [7, 11) is 0. The minimum absolute atomic E-state index is 0.0975. The SMILES string of the molecule is Cc1c(C(=O)NCCCOCC(C)C)cnn1-c1ccc(Br)cc1. The third-order valence-electron chi connectivity index (χ3n) is 3.53. The lowest BCUT2D eigenvalue weighted by Crippen LogP contribution is -2.25. The topological polar surface area (TPSA) is 56.1 Å². The second kappa shape index (κ2) is 8.99. The minimum Gasteiger partial charge on any atom is -0.381 e. The Labute approximate surface area is 151 Å². The van der Waals surface area contributed by atoms with E-state index in [2.05, 4.69) is 40.2 Å². The van der Waals surface area contributed by atoms with Gasteiger partial charge in [-0.1, -0.05) is 29.8 Å². The number of ether oxygens (including phenoxy) is 1. The Hall–Kier alpha value is -1.66. The average Bonchev–Trinajstić information content (AvgIpc) is 2.93. The number of benzene rings is 1. The maximum Gasteiger partial charge on any atom is 0.254 e. The van der Waals surface area contributed by atoms with Crippen molar-refractivity contribution in [3.05, 3.63) is 46.2 Å². The Kier molecular flexibility index (Phi) is 6.99. The van der Waals surface area contributed by atoms with Crippen LogP contribution >= 0.6 is 15.9 Å². The van der Waals surface area contributed by atoms with E-state index < -0.39 is 0 Å². The second-order valence-corrected chi connectivity index (χ2v) is 7.03. The number of nitrogens with one attached hydrogen (secondary N) is 1. The Morgan fingerprint density at radius 2 is 2.04 bits per heavy atom. The molecule has 0 unspecified atom stereocenters. The van der Waals surface area contributed by atoms with Crippen molar-refractivity contribution in [2.75, 3.05) is 19.8 Å². The highest BCUT2D eigenvalue weighted by Crippen LogP contribution is 2.17. The fraction of sp³-hybridized carbons (Fsp3) is 0.444. The molecule has 5 nitrogen and oxygen atoms in total. The molecule has 0 aliphatic heterocycles. The highest BCUT2D eigenvalue weighted by atomic mass is 79.9. The molecule has 130 valence electrons. The zero-order valence-electron chi connectivity index (χ0n) is 14.4. The first-order chi connectivity index (χ1) is 11.5.